The minimum atomic E-state index is -5.73. The van der Waals surface area contributed by atoms with Gasteiger partial charge in [0.05, 0.1) is 36.2 Å². The SMILES string of the molecule is C=c1ccc2c(c1)Oc1cc(N)ccc1C=2c1ccc(C(=O)NCCCC/C=C/C2=CC([C@@H]3O[C@H](COP(=O)(O)OP(=O)(O)OP(=O)(O)O)CC3O)c3nc(N)[nH]c(=O)c32)cc1C. The van der Waals surface area contributed by atoms with Crippen molar-refractivity contribution in [3.05, 3.63) is 127 Å². The smallest absolute Gasteiger partial charge is 0.456 e. The number of nitrogen functional groups attached to an aromatic ring is 2. The number of carbonyl (C=O) groups excluding carboxylic acids is 1. The Labute approximate surface area is 359 Å². The van der Waals surface area contributed by atoms with Gasteiger partial charge in [0.25, 0.3) is 11.5 Å². The summed E-state index contributed by atoms with van der Waals surface area (Å²) in [4.78, 5) is 69.7. The number of benzene rings is 3. The molecule has 11 N–H and O–H groups in total. The number of hydrogen-bond acceptors (Lipinski definition) is 14. The zero-order chi connectivity index (χ0) is 45.4. The molecule has 0 bridgehead atoms. The van der Waals surface area contributed by atoms with Gasteiger partial charge in [0.15, 0.2) is 0 Å². The second-order valence-corrected chi connectivity index (χ2v) is 19.4. The Kier molecular flexibility index (Phi) is 13.3. The number of anilines is 2. The van der Waals surface area contributed by atoms with Crippen LogP contribution in [0.3, 0.4) is 0 Å². The lowest BCUT2D eigenvalue weighted by atomic mass is 9.89. The molecule has 3 aliphatic rings. The van der Waals surface area contributed by atoms with E-state index in [0.717, 1.165) is 32.7 Å². The van der Waals surface area contributed by atoms with Crippen LogP contribution in [0.5, 0.6) is 11.5 Å². The fourth-order valence-corrected chi connectivity index (χ4v) is 10.7. The highest BCUT2D eigenvalue weighted by Gasteiger charge is 2.45. The molecule has 334 valence electrons. The normalized spacial score (nSPS) is 21.2. The largest absolute Gasteiger partial charge is 0.490 e. The standard InChI is InChI=1S/C40H44N5O15P3/c1-21-8-11-28-32(15-21)58-33-18-25(41)10-13-29(33)35(28)27-12-9-24(16-22(27)2)38(47)43-14-6-4-3-5-7-23-17-30(36-34(23)39(48)45-40(42)44-36)37-31(46)19-26(57-37)20-56-62(52,53)60-63(54,55)59-61(49,50)51/h5,7-13,15-18,26,30-31,37,46H,1,3-4,6,14,19-20,41H2,2H3,(H,43,47)(H,52,53)(H,54,55)(H2,49,50,51)(H3,42,44,45,48)/b7-5+/t26-,30?,31?,37-/m0/s1. The Balaban J connectivity index is 0.941. The Morgan fingerprint density at radius 2 is 1.76 bits per heavy atom. The van der Waals surface area contributed by atoms with Crippen LogP contribution in [0, 0.1) is 6.92 Å². The molecule has 4 aromatic rings. The lowest BCUT2D eigenvalue weighted by molar-refractivity contribution is -0.0161. The van der Waals surface area contributed by atoms with Crippen LogP contribution in [0.1, 0.15) is 69.9 Å². The molecule has 6 atom stereocenters. The number of nitrogens with one attached hydrogen (secondary N) is 2. The first-order valence-corrected chi connectivity index (χ1v) is 23.9. The highest BCUT2D eigenvalue weighted by Crippen LogP contribution is 2.66. The minimum Gasteiger partial charge on any atom is -0.456 e. The van der Waals surface area contributed by atoms with Crippen molar-refractivity contribution in [2.75, 3.05) is 24.6 Å². The number of nitrogens with two attached hydrogens (primary N) is 2. The number of H-pyrrole nitrogens is 1. The van der Waals surface area contributed by atoms with Gasteiger partial charge in [0, 0.05) is 52.6 Å². The van der Waals surface area contributed by atoms with Gasteiger partial charge in [-0.3, -0.25) is 19.1 Å². The average molecular weight is 928 g/mol. The number of fused-ring (bicyclic) bond motifs is 3. The molecule has 1 fully saturated rings. The summed E-state index contributed by atoms with van der Waals surface area (Å²) in [6.45, 7) is 5.63. The first-order chi connectivity index (χ1) is 29.7. The van der Waals surface area contributed by atoms with Crippen molar-refractivity contribution in [3.8, 4) is 11.5 Å². The maximum Gasteiger partial charge on any atom is 0.490 e. The zero-order valence-corrected chi connectivity index (χ0v) is 36.1. The quantitative estimate of drug-likeness (QED) is 0.0388. The lowest BCUT2D eigenvalue weighted by Crippen LogP contribution is -2.29. The molecule has 1 saturated heterocycles. The molecule has 1 aromatic heterocycles. The number of aliphatic hydroxyl groups is 1. The molecule has 3 heterocycles. The van der Waals surface area contributed by atoms with Crippen LogP contribution < -0.4 is 37.5 Å². The van der Waals surface area contributed by atoms with Gasteiger partial charge in [-0.25, -0.2) is 18.7 Å². The summed E-state index contributed by atoms with van der Waals surface area (Å²) in [6.07, 6.45) is 3.68. The third-order valence-corrected chi connectivity index (χ3v) is 14.1. The molecule has 4 unspecified atom stereocenters. The molecule has 7 rings (SSSR count). The van der Waals surface area contributed by atoms with Crippen molar-refractivity contribution in [1.29, 1.82) is 0 Å². The van der Waals surface area contributed by atoms with Gasteiger partial charge in [0.2, 0.25) is 5.95 Å². The van der Waals surface area contributed by atoms with Gasteiger partial charge < -0.3 is 50.9 Å². The van der Waals surface area contributed by atoms with E-state index in [9.17, 15) is 38.2 Å². The molecule has 20 nitrogen and oxygen atoms in total. The van der Waals surface area contributed by atoms with Gasteiger partial charge in [-0.05, 0) is 78.4 Å². The van der Waals surface area contributed by atoms with E-state index in [4.69, 9.17) is 30.7 Å². The number of phosphoric ester groups is 1. The molecule has 0 radical (unpaired) electrons. The van der Waals surface area contributed by atoms with E-state index in [1.807, 2.05) is 55.5 Å². The van der Waals surface area contributed by atoms with Crippen LogP contribution in [0.25, 0.3) is 17.7 Å². The molecular formula is C40H44N5O15P3. The van der Waals surface area contributed by atoms with E-state index in [0.29, 0.717) is 54.1 Å². The number of allylic oxidation sites excluding steroid dienone is 3. The summed E-state index contributed by atoms with van der Waals surface area (Å²) in [5.41, 5.74) is 17.1. The number of nitrogens with zero attached hydrogens (tertiary/aromatic N) is 1. The third-order valence-electron chi connectivity index (χ3n) is 10.3. The van der Waals surface area contributed by atoms with Crippen molar-refractivity contribution in [3.63, 3.8) is 0 Å². The van der Waals surface area contributed by atoms with Crippen molar-refractivity contribution >= 4 is 58.7 Å². The fraction of sp³-hybridized carbons (Fsp3) is 0.275. The van der Waals surface area contributed by atoms with E-state index in [-0.39, 0.29) is 29.5 Å². The molecule has 23 heteroatoms. The molecule has 63 heavy (non-hydrogen) atoms. The Bertz CT molecular complexity index is 2860. The van der Waals surface area contributed by atoms with E-state index >= 15 is 0 Å². The van der Waals surface area contributed by atoms with Crippen LogP contribution in [-0.2, 0) is 31.6 Å². The Morgan fingerprint density at radius 3 is 2.51 bits per heavy atom. The predicted octanol–water partition coefficient (Wildman–Crippen LogP) is 3.50. The molecular weight excluding hydrogens is 883 g/mol. The molecule has 1 aliphatic carbocycles. The van der Waals surface area contributed by atoms with Crippen molar-refractivity contribution < 1.29 is 65.8 Å². The summed E-state index contributed by atoms with van der Waals surface area (Å²) in [6, 6.07) is 16.9. The second kappa shape index (κ2) is 18.2. The molecule has 2 aliphatic heterocycles. The number of hydrogen-bond donors (Lipinski definition) is 9. The van der Waals surface area contributed by atoms with E-state index in [1.54, 1.807) is 24.3 Å². The third kappa shape index (κ3) is 10.8. The zero-order valence-electron chi connectivity index (χ0n) is 33.4. The number of carbonyl (C=O) groups is 1. The minimum absolute atomic E-state index is 0.154. The van der Waals surface area contributed by atoms with Crippen molar-refractivity contribution in [2.45, 2.75) is 56.8 Å². The highest BCUT2D eigenvalue weighted by molar-refractivity contribution is 7.66. The first-order valence-electron chi connectivity index (χ1n) is 19.4. The lowest BCUT2D eigenvalue weighted by Gasteiger charge is -2.22. The van der Waals surface area contributed by atoms with Gasteiger partial charge in [-0.1, -0.05) is 43.0 Å². The van der Waals surface area contributed by atoms with E-state index in [1.165, 1.54) is 0 Å². The van der Waals surface area contributed by atoms with Crippen LogP contribution in [-0.4, -0.2) is 72.0 Å². The van der Waals surface area contributed by atoms with Crippen LogP contribution in [0.15, 0.2) is 77.6 Å². The summed E-state index contributed by atoms with van der Waals surface area (Å²) < 4.78 is 58.9. The van der Waals surface area contributed by atoms with Gasteiger partial charge in [-0.2, -0.15) is 8.62 Å². The number of phosphoric acid groups is 3. The number of rotatable bonds is 16. The number of amides is 1. The average Bonchev–Trinajstić information content (AvgIpc) is 3.73. The van der Waals surface area contributed by atoms with Gasteiger partial charge in [0.1, 0.15) is 11.5 Å². The van der Waals surface area contributed by atoms with E-state index in [2.05, 4.69) is 35.0 Å². The molecule has 1 amide bonds. The second-order valence-electron chi connectivity index (χ2n) is 15.0. The van der Waals surface area contributed by atoms with Gasteiger partial charge in [-0.15, -0.1) is 0 Å². The topological polar surface area (TPSA) is 325 Å². The first kappa shape index (κ1) is 46.0. The number of aliphatic hydroxyl groups excluding tert-OH is 1. The molecule has 0 saturated carbocycles. The number of unbranched alkanes of at least 4 members (excludes halogenated alkanes) is 2. The van der Waals surface area contributed by atoms with Crippen LogP contribution in [0.2, 0.25) is 0 Å². The Hall–Kier alpha value is -5.04. The maximum absolute atomic E-state index is 13.2. The number of aromatic nitrogens is 2. The monoisotopic (exact) mass is 927 g/mol. The highest BCUT2D eigenvalue weighted by atomic mass is 31.3. The maximum atomic E-state index is 13.2. The Morgan fingerprint density at radius 1 is 1.00 bits per heavy atom. The van der Waals surface area contributed by atoms with Gasteiger partial charge >= 0.3 is 23.5 Å². The summed E-state index contributed by atoms with van der Waals surface area (Å²) in [7, 11) is -16.7. The van der Waals surface area contributed by atoms with Crippen LogP contribution in [0.4, 0.5) is 11.6 Å². The van der Waals surface area contributed by atoms with Crippen LogP contribution >= 0.6 is 23.5 Å². The predicted molar refractivity (Wildman–Crippen MR) is 229 cm³/mol. The van der Waals surface area contributed by atoms with E-state index < -0.39 is 59.9 Å². The number of aryl methyl sites for hydroxylation is 1. The molecule has 3 aromatic carbocycles. The van der Waals surface area contributed by atoms with Crippen molar-refractivity contribution in [1.82, 2.24) is 15.3 Å². The van der Waals surface area contributed by atoms with Crippen molar-refractivity contribution in [2.24, 2.45) is 0 Å². The summed E-state index contributed by atoms with van der Waals surface area (Å²) in [5, 5.41) is 15.6. The molecule has 0 spiro atoms. The summed E-state index contributed by atoms with van der Waals surface area (Å²) in [5.74, 6) is 0.114. The number of ether oxygens (including phenoxy) is 2. The number of aromatic amines is 1. The summed E-state index contributed by atoms with van der Waals surface area (Å²) >= 11 is 0. The fourth-order valence-electron chi connectivity index (χ4n) is 7.69.